The zero-order valence-electron chi connectivity index (χ0n) is 7.01. The minimum atomic E-state index is 0.958. The summed E-state index contributed by atoms with van der Waals surface area (Å²) in [6.45, 7) is 2.28. The van der Waals surface area contributed by atoms with Crippen LogP contribution in [0.3, 0.4) is 0 Å². The topological polar surface area (TPSA) is 0 Å². The van der Waals surface area contributed by atoms with E-state index in [1.54, 1.807) is 0 Å². The van der Waals surface area contributed by atoms with Gasteiger partial charge in [-0.15, -0.1) is 25.3 Å². The van der Waals surface area contributed by atoms with Crippen molar-refractivity contribution in [2.45, 2.75) is 39.0 Å². The highest BCUT2D eigenvalue weighted by molar-refractivity contribution is 8.05. The van der Waals surface area contributed by atoms with Crippen LogP contribution in [0.4, 0.5) is 0 Å². The molecule has 0 unspecified atom stereocenters. The minimum Gasteiger partial charge on any atom is -0.137 e. The molecule has 0 aliphatic heterocycles. The molecule has 0 spiro atoms. The molecule has 0 nitrogen and oxygen atoms in total. The predicted molar refractivity (Wildman–Crippen MR) is 57.2 cm³/mol. The maximum Gasteiger partial charge on any atom is 0.0331 e. The van der Waals surface area contributed by atoms with Crippen LogP contribution in [-0.2, 0) is 0 Å². The molecule has 0 aromatic carbocycles. The molecule has 0 N–H and O–H groups in total. The van der Waals surface area contributed by atoms with E-state index in [1.165, 1.54) is 37.7 Å². The molecule has 2 heteroatoms. The fraction of sp³-hybridized carbons (Fsp3) is 0.778. The number of allylic oxidation sites excluding steroid dienone is 1. The number of hydrogen-bond acceptors (Lipinski definition) is 2. The van der Waals surface area contributed by atoms with Crippen molar-refractivity contribution < 1.29 is 0 Å². The molecule has 11 heavy (non-hydrogen) atoms. The van der Waals surface area contributed by atoms with Crippen molar-refractivity contribution in [1.82, 2.24) is 0 Å². The molecule has 0 radical (unpaired) electrons. The molecular weight excluding hydrogens is 172 g/mol. The summed E-state index contributed by atoms with van der Waals surface area (Å²) in [4.78, 5) is 0. The van der Waals surface area contributed by atoms with Gasteiger partial charge < -0.3 is 0 Å². The summed E-state index contributed by atoms with van der Waals surface area (Å²) >= 11 is 8.49. The van der Waals surface area contributed by atoms with Crippen LogP contribution in [0.25, 0.3) is 0 Å². The molecule has 1 aliphatic carbocycles. The largest absolute Gasteiger partial charge is 0.137 e. The molecule has 0 aromatic rings. The third kappa shape index (κ3) is 2.75. The first-order valence-electron chi connectivity index (χ1n) is 4.34. The summed E-state index contributed by atoms with van der Waals surface area (Å²) in [6, 6.07) is 0. The van der Waals surface area contributed by atoms with E-state index in [9.17, 15) is 0 Å². The Bertz CT molecular complexity index is 147. The molecule has 64 valence electrons. The zero-order valence-corrected chi connectivity index (χ0v) is 8.80. The highest BCUT2D eigenvalue weighted by Gasteiger charge is 2.15. The van der Waals surface area contributed by atoms with Gasteiger partial charge in [0.15, 0.2) is 0 Å². The first-order chi connectivity index (χ1) is 5.24. The fourth-order valence-electron chi connectivity index (χ4n) is 1.66. The third-order valence-corrected chi connectivity index (χ3v) is 3.23. The Morgan fingerprint density at radius 3 is 2.27 bits per heavy atom. The molecular formula is C9H16S2. The lowest BCUT2D eigenvalue weighted by Gasteiger charge is -2.22. The van der Waals surface area contributed by atoms with Gasteiger partial charge in [-0.1, -0.05) is 18.9 Å². The molecule has 0 heterocycles. The van der Waals surface area contributed by atoms with E-state index >= 15 is 0 Å². The minimum absolute atomic E-state index is 0.958. The van der Waals surface area contributed by atoms with Crippen molar-refractivity contribution in [2.75, 3.05) is 0 Å². The van der Waals surface area contributed by atoms with E-state index in [2.05, 4.69) is 32.2 Å². The Hall–Kier alpha value is 0.440. The summed E-state index contributed by atoms with van der Waals surface area (Å²) in [5.41, 5.74) is 1.46. The van der Waals surface area contributed by atoms with Crippen molar-refractivity contribution in [3.05, 3.63) is 9.81 Å². The molecule has 1 rings (SSSR count). The lowest BCUT2D eigenvalue weighted by Crippen LogP contribution is -2.06. The van der Waals surface area contributed by atoms with Gasteiger partial charge in [0, 0.05) is 4.24 Å². The predicted octanol–water partition coefficient (Wildman–Crippen LogP) is 3.66. The first-order valence-corrected chi connectivity index (χ1v) is 5.23. The maximum atomic E-state index is 4.24. The Labute approximate surface area is 80.3 Å². The average molecular weight is 188 g/mol. The van der Waals surface area contributed by atoms with Gasteiger partial charge in [-0.25, -0.2) is 0 Å². The van der Waals surface area contributed by atoms with Gasteiger partial charge in [0.1, 0.15) is 0 Å². The highest BCUT2D eigenvalue weighted by Crippen LogP contribution is 2.33. The monoisotopic (exact) mass is 188 g/mol. The standard InChI is InChI=1S/C9H16S2/c1-2-7-3-5-8(6-4-7)9(10)11/h7,10-11H,2-6H2,1H3. The van der Waals surface area contributed by atoms with Crippen molar-refractivity contribution in [1.29, 1.82) is 0 Å². The smallest absolute Gasteiger partial charge is 0.0331 e. The Morgan fingerprint density at radius 1 is 1.36 bits per heavy atom. The van der Waals surface area contributed by atoms with E-state index in [0.717, 1.165) is 10.2 Å². The van der Waals surface area contributed by atoms with Crippen LogP contribution in [0.15, 0.2) is 9.81 Å². The van der Waals surface area contributed by atoms with E-state index in [1.807, 2.05) is 0 Å². The Kier molecular flexibility index (Phi) is 3.86. The van der Waals surface area contributed by atoms with Gasteiger partial charge in [-0.3, -0.25) is 0 Å². The molecule has 0 amide bonds. The van der Waals surface area contributed by atoms with Gasteiger partial charge in [-0.05, 0) is 31.6 Å². The Balaban J connectivity index is 2.42. The lowest BCUT2D eigenvalue weighted by atomic mass is 9.85. The normalized spacial score (nSPS) is 25.4. The second-order valence-corrected chi connectivity index (χ2v) is 4.53. The highest BCUT2D eigenvalue weighted by atomic mass is 32.2. The summed E-state index contributed by atoms with van der Waals surface area (Å²) < 4.78 is 0.958. The molecule has 1 fully saturated rings. The van der Waals surface area contributed by atoms with E-state index in [0.29, 0.717) is 0 Å². The van der Waals surface area contributed by atoms with Crippen LogP contribution in [0.2, 0.25) is 0 Å². The maximum absolute atomic E-state index is 4.24. The van der Waals surface area contributed by atoms with Gasteiger partial charge in [0.2, 0.25) is 0 Å². The van der Waals surface area contributed by atoms with E-state index < -0.39 is 0 Å². The van der Waals surface area contributed by atoms with Gasteiger partial charge in [-0.2, -0.15) is 0 Å². The molecule has 0 atom stereocenters. The average Bonchev–Trinajstić information content (AvgIpc) is 2.05. The van der Waals surface area contributed by atoms with Crippen LogP contribution in [0.1, 0.15) is 39.0 Å². The summed E-state index contributed by atoms with van der Waals surface area (Å²) in [7, 11) is 0. The number of hydrogen-bond donors (Lipinski definition) is 2. The van der Waals surface area contributed by atoms with Crippen LogP contribution >= 0.6 is 25.3 Å². The number of thiol groups is 2. The van der Waals surface area contributed by atoms with Crippen LogP contribution in [-0.4, -0.2) is 0 Å². The van der Waals surface area contributed by atoms with Crippen LogP contribution < -0.4 is 0 Å². The van der Waals surface area contributed by atoms with Crippen LogP contribution in [0.5, 0.6) is 0 Å². The first kappa shape index (κ1) is 9.53. The molecule has 0 saturated heterocycles. The Morgan fingerprint density at radius 2 is 1.91 bits per heavy atom. The summed E-state index contributed by atoms with van der Waals surface area (Å²) in [5, 5.41) is 0. The van der Waals surface area contributed by atoms with Crippen molar-refractivity contribution in [2.24, 2.45) is 5.92 Å². The molecule has 0 aromatic heterocycles. The van der Waals surface area contributed by atoms with Gasteiger partial charge >= 0.3 is 0 Å². The molecule has 0 bridgehead atoms. The molecule has 1 aliphatic rings. The van der Waals surface area contributed by atoms with Gasteiger partial charge in [0.05, 0.1) is 0 Å². The van der Waals surface area contributed by atoms with Crippen molar-refractivity contribution in [3.63, 3.8) is 0 Å². The van der Waals surface area contributed by atoms with Gasteiger partial charge in [0.25, 0.3) is 0 Å². The van der Waals surface area contributed by atoms with E-state index in [-0.39, 0.29) is 0 Å². The summed E-state index contributed by atoms with van der Waals surface area (Å²) in [5.74, 6) is 0.958. The second kappa shape index (κ2) is 4.46. The molecule has 1 saturated carbocycles. The lowest BCUT2D eigenvalue weighted by molar-refractivity contribution is 0.398. The summed E-state index contributed by atoms with van der Waals surface area (Å²) in [6.07, 6.45) is 6.47. The third-order valence-electron chi connectivity index (χ3n) is 2.60. The van der Waals surface area contributed by atoms with Crippen LogP contribution in [0, 0.1) is 5.92 Å². The SMILES string of the molecule is CCC1CCC(=C(S)S)CC1. The van der Waals surface area contributed by atoms with E-state index in [4.69, 9.17) is 0 Å². The number of rotatable bonds is 1. The van der Waals surface area contributed by atoms with Crippen molar-refractivity contribution in [3.8, 4) is 0 Å². The second-order valence-electron chi connectivity index (χ2n) is 3.28. The quantitative estimate of drug-likeness (QED) is 0.577. The fourth-order valence-corrected chi connectivity index (χ4v) is 2.11. The van der Waals surface area contributed by atoms with Crippen molar-refractivity contribution >= 4 is 25.3 Å². The zero-order chi connectivity index (χ0) is 8.27.